The zero-order valence-electron chi connectivity index (χ0n) is 23.1. The third kappa shape index (κ3) is 4.25. The fraction of sp³-hybridized carbons (Fsp3) is 0.516. The van der Waals surface area contributed by atoms with E-state index in [1.54, 1.807) is 20.3 Å². The van der Waals surface area contributed by atoms with Gasteiger partial charge in [-0.05, 0) is 85.4 Å². The molecule has 40 heavy (non-hydrogen) atoms. The van der Waals surface area contributed by atoms with Crippen LogP contribution in [0.3, 0.4) is 0 Å². The Kier molecular flexibility index (Phi) is 6.25. The molecule has 0 spiro atoms. The van der Waals surface area contributed by atoms with Crippen LogP contribution in [0, 0.1) is 5.41 Å². The van der Waals surface area contributed by atoms with Crippen LogP contribution in [0.25, 0.3) is 22.2 Å². The van der Waals surface area contributed by atoms with Crippen molar-refractivity contribution >= 4 is 26.8 Å². The first-order chi connectivity index (χ1) is 19.3. The number of nitrogens with zero attached hydrogens (tertiary/aromatic N) is 1. The maximum absolute atomic E-state index is 13.2. The molecular weight excluding hydrogens is 528 g/mol. The summed E-state index contributed by atoms with van der Waals surface area (Å²) in [5.41, 5.74) is 6.23. The molecule has 2 unspecified atom stereocenters. The third-order valence-electron chi connectivity index (χ3n) is 9.59. The van der Waals surface area contributed by atoms with E-state index in [2.05, 4.69) is 21.4 Å². The average Bonchev–Trinajstić information content (AvgIpc) is 3.89. The molecule has 1 amide bonds. The van der Waals surface area contributed by atoms with Crippen LogP contribution in [0.4, 0.5) is 0 Å². The number of sulfonamides is 1. The van der Waals surface area contributed by atoms with Gasteiger partial charge in [0, 0.05) is 34.0 Å². The third-order valence-corrected chi connectivity index (χ3v) is 11.4. The van der Waals surface area contributed by atoms with Gasteiger partial charge < -0.3 is 9.30 Å². The van der Waals surface area contributed by atoms with Crippen molar-refractivity contribution in [1.29, 1.82) is 0 Å². The van der Waals surface area contributed by atoms with Crippen molar-refractivity contribution in [3.63, 3.8) is 0 Å². The highest BCUT2D eigenvalue weighted by atomic mass is 32.2. The molecule has 0 saturated heterocycles. The maximum atomic E-state index is 13.2. The monoisotopic (exact) mass is 564 g/mol. The maximum Gasteiger partial charge on any atom is 0.264 e. The minimum Gasteiger partial charge on any atom is -0.497 e. The number of benzene rings is 2. The van der Waals surface area contributed by atoms with Crippen LogP contribution in [0.1, 0.15) is 84.7 Å². The zero-order valence-corrected chi connectivity index (χ0v) is 23.9. The van der Waals surface area contributed by atoms with Gasteiger partial charge in [-0.3, -0.25) is 4.79 Å². The van der Waals surface area contributed by atoms with Crippen molar-refractivity contribution in [2.45, 2.75) is 75.0 Å². The lowest BCUT2D eigenvalue weighted by molar-refractivity contribution is -0.283. The zero-order chi connectivity index (χ0) is 27.6. The van der Waals surface area contributed by atoms with Crippen molar-refractivity contribution in [3.05, 3.63) is 53.1 Å². The lowest BCUT2D eigenvalue weighted by Gasteiger charge is -2.24. The molecule has 8 nitrogen and oxygen atoms in total. The number of aromatic nitrogens is 1. The number of carbonyl (C=O) groups is 1. The number of hydrogen-bond acceptors (Lipinski definition) is 6. The number of hydrogen-bond donors (Lipinski definition) is 1. The molecule has 7 rings (SSSR count). The Balaban J connectivity index is 1.43. The van der Waals surface area contributed by atoms with E-state index in [0.29, 0.717) is 36.8 Å². The van der Waals surface area contributed by atoms with Crippen LogP contribution in [0.5, 0.6) is 5.75 Å². The minimum absolute atomic E-state index is 0.147. The summed E-state index contributed by atoms with van der Waals surface area (Å²) in [4.78, 5) is 23.8. The fourth-order valence-electron chi connectivity index (χ4n) is 7.26. The van der Waals surface area contributed by atoms with Gasteiger partial charge in [0.25, 0.3) is 5.91 Å². The van der Waals surface area contributed by atoms with Gasteiger partial charge in [-0.15, -0.1) is 0 Å². The molecule has 0 bridgehead atoms. The molecule has 0 radical (unpaired) electrons. The van der Waals surface area contributed by atoms with Crippen LogP contribution < -0.4 is 9.46 Å². The largest absolute Gasteiger partial charge is 0.497 e. The predicted octanol–water partition coefficient (Wildman–Crippen LogP) is 5.65. The molecule has 3 aliphatic carbocycles. The van der Waals surface area contributed by atoms with Crippen molar-refractivity contribution in [1.82, 2.24) is 9.29 Å². The molecule has 1 aromatic heterocycles. The van der Waals surface area contributed by atoms with Crippen molar-refractivity contribution in [2.75, 3.05) is 20.8 Å². The average molecular weight is 565 g/mol. The molecule has 3 aromatic rings. The van der Waals surface area contributed by atoms with E-state index in [0.717, 1.165) is 42.5 Å². The van der Waals surface area contributed by atoms with Gasteiger partial charge in [0.1, 0.15) is 5.75 Å². The van der Waals surface area contributed by atoms with Crippen LogP contribution >= 0.6 is 0 Å². The second-order valence-corrected chi connectivity index (χ2v) is 14.1. The topological polar surface area (TPSA) is 95.9 Å². The number of methoxy groups -OCH3 is 1. The van der Waals surface area contributed by atoms with E-state index < -0.39 is 21.2 Å². The summed E-state index contributed by atoms with van der Waals surface area (Å²) in [6.45, 7) is 1.19. The molecule has 2 aromatic carbocycles. The first kappa shape index (κ1) is 26.0. The van der Waals surface area contributed by atoms with Crippen molar-refractivity contribution < 1.29 is 27.7 Å². The van der Waals surface area contributed by atoms with Gasteiger partial charge in [0.05, 0.1) is 31.8 Å². The van der Waals surface area contributed by atoms with E-state index >= 15 is 0 Å². The van der Waals surface area contributed by atoms with Crippen LogP contribution in [-0.2, 0) is 26.3 Å². The van der Waals surface area contributed by atoms with E-state index in [1.165, 1.54) is 41.6 Å². The second kappa shape index (κ2) is 9.60. The van der Waals surface area contributed by atoms with Gasteiger partial charge in [0.2, 0.25) is 10.0 Å². The molecule has 2 atom stereocenters. The van der Waals surface area contributed by atoms with Gasteiger partial charge >= 0.3 is 0 Å². The van der Waals surface area contributed by atoms with Gasteiger partial charge in [-0.25, -0.2) is 22.9 Å². The first-order valence-corrected chi connectivity index (χ1v) is 16.0. The highest BCUT2D eigenvalue weighted by Gasteiger charge is 2.58. The highest BCUT2D eigenvalue weighted by Crippen LogP contribution is 2.65. The Bertz CT molecular complexity index is 1600. The molecule has 1 aliphatic heterocycles. The Labute approximate surface area is 235 Å². The molecule has 3 saturated carbocycles. The number of nitrogens with one attached hydrogen (secondary N) is 1. The summed E-state index contributed by atoms with van der Waals surface area (Å²) in [7, 11) is -0.397. The summed E-state index contributed by atoms with van der Waals surface area (Å²) >= 11 is 0. The number of carbonyl (C=O) groups excluding carboxylic acids is 1. The van der Waals surface area contributed by atoms with Gasteiger partial charge in [0.15, 0.2) is 0 Å². The Hall–Kier alpha value is -2.88. The highest BCUT2D eigenvalue weighted by molar-refractivity contribution is 7.91. The minimum atomic E-state index is -3.64. The summed E-state index contributed by atoms with van der Waals surface area (Å²) in [6, 6.07) is 12.1. The second-order valence-electron chi connectivity index (χ2n) is 12.1. The lowest BCUT2D eigenvalue weighted by Crippen LogP contribution is -2.33. The van der Waals surface area contributed by atoms with Gasteiger partial charge in [-0.2, -0.15) is 0 Å². The van der Waals surface area contributed by atoms with Crippen molar-refractivity contribution in [2.24, 2.45) is 5.41 Å². The fourth-order valence-corrected chi connectivity index (χ4v) is 8.56. The molecule has 4 aliphatic rings. The van der Waals surface area contributed by atoms with E-state index in [4.69, 9.17) is 14.5 Å². The predicted molar refractivity (Wildman–Crippen MR) is 152 cm³/mol. The van der Waals surface area contributed by atoms with E-state index in [1.807, 2.05) is 18.2 Å². The number of ether oxygens (including phenoxy) is 1. The summed E-state index contributed by atoms with van der Waals surface area (Å²) in [5.74, 6) is 1.01. The van der Waals surface area contributed by atoms with Crippen molar-refractivity contribution in [3.8, 4) is 17.0 Å². The number of amides is 1. The number of rotatable bonds is 8. The first-order valence-electron chi connectivity index (χ1n) is 14.4. The lowest BCUT2D eigenvalue weighted by atomic mass is 9.81. The molecular formula is C31H36N2O6S. The normalized spacial score (nSPS) is 24.1. The Morgan fingerprint density at radius 2 is 1.85 bits per heavy atom. The molecule has 2 heterocycles. The van der Waals surface area contributed by atoms with Gasteiger partial charge in [-0.1, -0.05) is 25.3 Å². The quantitative estimate of drug-likeness (QED) is 0.281. The molecule has 212 valence electrons. The van der Waals surface area contributed by atoms with Crippen LogP contribution in [-0.4, -0.2) is 45.0 Å². The molecule has 3 fully saturated rings. The Morgan fingerprint density at radius 1 is 1.05 bits per heavy atom. The smallest absolute Gasteiger partial charge is 0.264 e. The standard InChI is InChI=1S/C31H36N2O6S/c1-37-21-9-13-23-25(15-21)26-16-31(26,18-39-38-2)17-33-27-14-20(30(34)32-40(35,36)22-10-11-22)8-12-24(27)28(29(23)33)19-6-4-3-5-7-19/h8-9,12-15,19,22,26H,3-7,10-11,16-18H2,1-2H3,(H,32,34). The van der Waals surface area contributed by atoms with Crippen LogP contribution in [0.2, 0.25) is 0 Å². The summed E-state index contributed by atoms with van der Waals surface area (Å²) < 4.78 is 35.4. The van der Waals surface area contributed by atoms with E-state index in [-0.39, 0.29) is 5.41 Å². The number of fused-ring (bicyclic) bond motifs is 7. The molecule has 9 heteroatoms. The Morgan fingerprint density at radius 3 is 2.58 bits per heavy atom. The molecule has 1 N–H and O–H groups in total. The SMILES string of the molecule is COOCC12CC1c1cc(OC)ccc1-c1c(C3CCCCC3)c3ccc(C(=O)NS(=O)(=O)C4CC4)cc3n1C2. The summed E-state index contributed by atoms with van der Waals surface area (Å²) in [5, 5.41) is 0.691. The summed E-state index contributed by atoms with van der Waals surface area (Å²) in [6.07, 6.45) is 8.14. The van der Waals surface area contributed by atoms with Crippen LogP contribution in [0.15, 0.2) is 36.4 Å². The van der Waals surface area contributed by atoms with E-state index in [9.17, 15) is 13.2 Å².